The van der Waals surface area contributed by atoms with Crippen LogP contribution in [0.25, 0.3) is 0 Å². The van der Waals surface area contributed by atoms with Crippen molar-refractivity contribution in [3.63, 3.8) is 0 Å². The minimum Gasteiger partial charge on any atom is -0.497 e. The Hall–Kier alpha value is -1.59. The van der Waals surface area contributed by atoms with Crippen LogP contribution in [-0.4, -0.2) is 44.1 Å². The molecule has 0 saturated carbocycles. The number of hydrogen-bond acceptors (Lipinski definition) is 4. The number of rotatable bonds is 4. The van der Waals surface area contributed by atoms with Crippen LogP contribution in [0, 0.1) is 0 Å². The number of amides is 1. The average Bonchev–Trinajstić information content (AvgIpc) is 2.40. The molecule has 3 N–H and O–H groups in total. The van der Waals surface area contributed by atoms with E-state index in [9.17, 15) is 4.79 Å². The average molecular weight is 249 g/mol. The molecule has 98 valence electrons. The van der Waals surface area contributed by atoms with Gasteiger partial charge in [-0.05, 0) is 17.7 Å². The number of nitrogens with one attached hydrogen (secondary N) is 1. The van der Waals surface area contributed by atoms with Gasteiger partial charge < -0.3 is 15.8 Å². The van der Waals surface area contributed by atoms with E-state index in [0.29, 0.717) is 19.6 Å². The molecule has 0 aromatic heterocycles. The first-order valence-corrected chi connectivity index (χ1v) is 6.09. The molecular weight excluding hydrogens is 230 g/mol. The molecule has 1 aromatic carbocycles. The van der Waals surface area contributed by atoms with E-state index in [1.165, 1.54) is 0 Å². The largest absolute Gasteiger partial charge is 0.497 e. The zero-order valence-corrected chi connectivity index (χ0v) is 10.6. The van der Waals surface area contributed by atoms with Gasteiger partial charge in [-0.1, -0.05) is 12.1 Å². The smallest absolute Gasteiger partial charge is 0.234 e. The SMILES string of the molecule is COc1ccc(C(CN)N2CCNC(=O)C2)cc1. The van der Waals surface area contributed by atoms with Crippen molar-refractivity contribution >= 4 is 5.91 Å². The Balaban J connectivity index is 2.13. The molecule has 1 aliphatic heterocycles. The van der Waals surface area contributed by atoms with Crippen LogP contribution < -0.4 is 15.8 Å². The van der Waals surface area contributed by atoms with Crippen molar-refractivity contribution in [2.45, 2.75) is 6.04 Å². The van der Waals surface area contributed by atoms with E-state index in [1.54, 1.807) is 7.11 Å². The summed E-state index contributed by atoms with van der Waals surface area (Å²) >= 11 is 0. The lowest BCUT2D eigenvalue weighted by molar-refractivity contribution is -0.124. The highest BCUT2D eigenvalue weighted by atomic mass is 16.5. The Labute approximate surface area is 107 Å². The van der Waals surface area contributed by atoms with Crippen LogP contribution in [0.15, 0.2) is 24.3 Å². The monoisotopic (exact) mass is 249 g/mol. The second-order valence-corrected chi connectivity index (χ2v) is 4.35. The molecule has 1 heterocycles. The summed E-state index contributed by atoms with van der Waals surface area (Å²) in [5.74, 6) is 0.888. The molecule has 1 aromatic rings. The van der Waals surface area contributed by atoms with Crippen LogP contribution in [0.2, 0.25) is 0 Å². The lowest BCUT2D eigenvalue weighted by Crippen LogP contribution is -2.50. The fourth-order valence-corrected chi connectivity index (χ4v) is 2.25. The van der Waals surface area contributed by atoms with Gasteiger partial charge in [0.25, 0.3) is 0 Å². The zero-order valence-electron chi connectivity index (χ0n) is 10.6. The number of benzene rings is 1. The molecule has 0 radical (unpaired) electrons. The van der Waals surface area contributed by atoms with Crippen LogP contribution in [-0.2, 0) is 4.79 Å². The third kappa shape index (κ3) is 2.80. The summed E-state index contributed by atoms with van der Waals surface area (Å²) in [5.41, 5.74) is 6.97. The highest BCUT2D eigenvalue weighted by molar-refractivity contribution is 5.78. The van der Waals surface area contributed by atoms with Crippen molar-refractivity contribution in [1.29, 1.82) is 0 Å². The van der Waals surface area contributed by atoms with Crippen LogP contribution in [0.3, 0.4) is 0 Å². The maximum absolute atomic E-state index is 11.4. The summed E-state index contributed by atoms with van der Waals surface area (Å²) in [4.78, 5) is 13.5. The summed E-state index contributed by atoms with van der Waals surface area (Å²) in [6.45, 7) is 2.43. The maximum Gasteiger partial charge on any atom is 0.234 e. The third-order valence-corrected chi connectivity index (χ3v) is 3.23. The second kappa shape index (κ2) is 5.84. The van der Waals surface area contributed by atoms with Crippen LogP contribution >= 0.6 is 0 Å². The predicted molar refractivity (Wildman–Crippen MR) is 69.4 cm³/mol. The first-order chi connectivity index (χ1) is 8.74. The highest BCUT2D eigenvalue weighted by Crippen LogP contribution is 2.22. The molecule has 0 spiro atoms. The topological polar surface area (TPSA) is 67.6 Å². The Morgan fingerprint density at radius 3 is 2.72 bits per heavy atom. The normalized spacial score (nSPS) is 18.2. The summed E-state index contributed by atoms with van der Waals surface area (Å²) in [5, 5.41) is 2.82. The zero-order chi connectivity index (χ0) is 13.0. The van der Waals surface area contributed by atoms with Gasteiger partial charge in [-0.25, -0.2) is 0 Å². The van der Waals surface area contributed by atoms with Gasteiger partial charge in [0.05, 0.1) is 13.7 Å². The van der Waals surface area contributed by atoms with E-state index >= 15 is 0 Å². The van der Waals surface area contributed by atoms with Gasteiger partial charge >= 0.3 is 0 Å². The molecule has 1 fully saturated rings. The van der Waals surface area contributed by atoms with Crippen molar-refractivity contribution in [2.24, 2.45) is 5.73 Å². The van der Waals surface area contributed by atoms with Gasteiger partial charge in [0.2, 0.25) is 5.91 Å². The number of hydrogen-bond donors (Lipinski definition) is 2. The van der Waals surface area contributed by atoms with Gasteiger partial charge in [0.1, 0.15) is 5.75 Å². The number of ether oxygens (including phenoxy) is 1. The highest BCUT2D eigenvalue weighted by Gasteiger charge is 2.24. The Bertz CT molecular complexity index is 405. The molecule has 5 heteroatoms. The molecule has 0 aliphatic carbocycles. The summed E-state index contributed by atoms with van der Waals surface area (Å²) in [6.07, 6.45) is 0. The number of nitrogens with zero attached hydrogens (tertiary/aromatic N) is 1. The first kappa shape index (κ1) is 12.9. The summed E-state index contributed by atoms with van der Waals surface area (Å²) in [7, 11) is 1.64. The Morgan fingerprint density at radius 2 is 2.17 bits per heavy atom. The van der Waals surface area contributed by atoms with Crippen LogP contribution in [0.1, 0.15) is 11.6 Å². The molecule has 5 nitrogen and oxygen atoms in total. The molecule has 1 unspecified atom stereocenters. The lowest BCUT2D eigenvalue weighted by Gasteiger charge is -2.33. The number of carbonyl (C=O) groups is 1. The fourth-order valence-electron chi connectivity index (χ4n) is 2.25. The number of methoxy groups -OCH3 is 1. The van der Waals surface area contributed by atoms with E-state index in [2.05, 4.69) is 10.2 Å². The molecular formula is C13H19N3O2. The number of piperazine rings is 1. The molecule has 1 atom stereocenters. The van der Waals surface area contributed by atoms with E-state index in [1.807, 2.05) is 24.3 Å². The second-order valence-electron chi connectivity index (χ2n) is 4.35. The quantitative estimate of drug-likeness (QED) is 0.796. The molecule has 1 amide bonds. The standard InChI is InChI=1S/C13H19N3O2/c1-18-11-4-2-10(3-5-11)12(8-14)16-7-6-15-13(17)9-16/h2-5,12H,6-9,14H2,1H3,(H,15,17). The van der Waals surface area contributed by atoms with Crippen LogP contribution in [0.5, 0.6) is 5.75 Å². The van der Waals surface area contributed by atoms with Crippen molar-refractivity contribution < 1.29 is 9.53 Å². The minimum absolute atomic E-state index is 0.0632. The summed E-state index contributed by atoms with van der Waals surface area (Å²) in [6, 6.07) is 7.93. The van der Waals surface area contributed by atoms with E-state index in [4.69, 9.17) is 10.5 Å². The third-order valence-electron chi connectivity index (χ3n) is 3.23. The van der Waals surface area contributed by atoms with Gasteiger partial charge in [0, 0.05) is 25.7 Å². The Kier molecular flexibility index (Phi) is 4.17. The fraction of sp³-hybridized carbons (Fsp3) is 0.462. The predicted octanol–water partition coefficient (Wildman–Crippen LogP) is 0.127. The van der Waals surface area contributed by atoms with Crippen molar-refractivity contribution in [3.05, 3.63) is 29.8 Å². The number of nitrogens with two attached hydrogens (primary N) is 1. The minimum atomic E-state index is 0.0632. The number of carbonyl (C=O) groups excluding carboxylic acids is 1. The van der Waals surface area contributed by atoms with Gasteiger partial charge in [-0.15, -0.1) is 0 Å². The van der Waals surface area contributed by atoms with Crippen molar-refractivity contribution in [2.75, 3.05) is 33.3 Å². The van der Waals surface area contributed by atoms with Crippen LogP contribution in [0.4, 0.5) is 0 Å². The van der Waals surface area contributed by atoms with E-state index in [0.717, 1.165) is 17.9 Å². The van der Waals surface area contributed by atoms with Crippen molar-refractivity contribution in [3.8, 4) is 5.75 Å². The molecule has 2 rings (SSSR count). The lowest BCUT2D eigenvalue weighted by atomic mass is 10.0. The van der Waals surface area contributed by atoms with E-state index < -0.39 is 0 Å². The molecule has 0 bridgehead atoms. The molecule has 1 aliphatic rings. The van der Waals surface area contributed by atoms with Gasteiger partial charge in [-0.2, -0.15) is 0 Å². The van der Waals surface area contributed by atoms with Crippen molar-refractivity contribution in [1.82, 2.24) is 10.2 Å². The van der Waals surface area contributed by atoms with Gasteiger partial charge in [0.15, 0.2) is 0 Å². The maximum atomic E-state index is 11.4. The molecule has 1 saturated heterocycles. The summed E-state index contributed by atoms with van der Waals surface area (Å²) < 4.78 is 5.14. The molecule has 18 heavy (non-hydrogen) atoms. The van der Waals surface area contributed by atoms with Gasteiger partial charge in [-0.3, -0.25) is 9.69 Å². The Morgan fingerprint density at radius 1 is 1.44 bits per heavy atom. The first-order valence-electron chi connectivity index (χ1n) is 6.09. The van der Waals surface area contributed by atoms with E-state index in [-0.39, 0.29) is 11.9 Å².